The number of hydrogen-bond acceptors (Lipinski definition) is 1. The van der Waals surface area contributed by atoms with E-state index in [0.717, 1.165) is 28.5 Å². The average Bonchev–Trinajstić information content (AvgIpc) is 2.76. The molecule has 1 nitrogen and oxygen atoms in total. The van der Waals surface area contributed by atoms with E-state index in [4.69, 9.17) is 11.6 Å². The molecule has 0 bridgehead atoms. The van der Waals surface area contributed by atoms with Gasteiger partial charge >= 0.3 is 0 Å². The molecule has 3 aliphatic rings. The van der Waals surface area contributed by atoms with Crippen LogP contribution in [0.25, 0.3) is 6.08 Å². The van der Waals surface area contributed by atoms with Crippen LogP contribution in [-0.2, 0) is 4.79 Å². The van der Waals surface area contributed by atoms with Crippen molar-refractivity contribution in [2.75, 3.05) is 0 Å². The second-order valence-corrected chi connectivity index (χ2v) is 7.37. The van der Waals surface area contributed by atoms with Crippen LogP contribution in [0.4, 0.5) is 0 Å². The van der Waals surface area contributed by atoms with Crippen LogP contribution in [-0.4, -0.2) is 5.78 Å². The van der Waals surface area contributed by atoms with E-state index in [9.17, 15) is 4.79 Å². The largest absolute Gasteiger partial charge is 0.294 e. The first-order valence-electron chi connectivity index (χ1n) is 8.25. The van der Waals surface area contributed by atoms with Crippen LogP contribution in [0.3, 0.4) is 0 Å². The van der Waals surface area contributed by atoms with Crippen LogP contribution in [0, 0.1) is 23.7 Å². The molecule has 0 radical (unpaired) electrons. The Balaban J connectivity index is 1.73. The Labute approximate surface area is 131 Å². The van der Waals surface area contributed by atoms with Crippen molar-refractivity contribution in [1.82, 2.24) is 0 Å². The van der Waals surface area contributed by atoms with Crippen LogP contribution in [0.15, 0.2) is 29.8 Å². The van der Waals surface area contributed by atoms with Crippen LogP contribution in [0.5, 0.6) is 0 Å². The number of Topliss-reactive ketones (excluding diaryl/α,β-unsaturated/α-hetero) is 1. The smallest absolute Gasteiger partial charge is 0.162 e. The lowest BCUT2D eigenvalue weighted by Gasteiger charge is -2.39. The van der Waals surface area contributed by atoms with E-state index in [0.29, 0.717) is 23.5 Å². The summed E-state index contributed by atoms with van der Waals surface area (Å²) in [5.74, 6) is 2.72. The third-order valence-electron chi connectivity index (χ3n) is 5.85. The minimum atomic E-state index is 0.319. The predicted octanol–water partition coefficient (Wildman–Crippen LogP) is 5.14. The Kier molecular flexibility index (Phi) is 3.41. The van der Waals surface area contributed by atoms with Gasteiger partial charge in [0.2, 0.25) is 0 Å². The molecule has 0 aliphatic heterocycles. The number of carbonyl (C=O) groups excluding carboxylic acids is 1. The van der Waals surface area contributed by atoms with Crippen LogP contribution in [0.1, 0.15) is 44.1 Å². The van der Waals surface area contributed by atoms with Gasteiger partial charge in [0.15, 0.2) is 5.78 Å². The van der Waals surface area contributed by atoms with Crippen molar-refractivity contribution in [2.24, 2.45) is 23.7 Å². The molecule has 4 unspecified atom stereocenters. The molecule has 0 saturated heterocycles. The molecule has 3 fully saturated rings. The fraction of sp³-hybridized carbons (Fsp3) is 0.526. The van der Waals surface area contributed by atoms with Gasteiger partial charge in [-0.1, -0.05) is 49.4 Å². The van der Waals surface area contributed by atoms with Crippen molar-refractivity contribution < 1.29 is 4.79 Å². The molecule has 4 rings (SSSR count). The molecular weight excluding hydrogens is 280 g/mol. The molecule has 3 aliphatic carbocycles. The van der Waals surface area contributed by atoms with Crippen molar-refractivity contribution in [1.29, 1.82) is 0 Å². The normalized spacial score (nSPS) is 36.8. The fourth-order valence-corrected chi connectivity index (χ4v) is 5.27. The summed E-state index contributed by atoms with van der Waals surface area (Å²) in [7, 11) is 0. The molecule has 0 heterocycles. The Hall–Kier alpha value is -1.08. The quantitative estimate of drug-likeness (QED) is 0.656. The SMILES string of the molecule is O=C1/C(=C/c2cccc(Cl)c2)C2CCCC3CCCC1C32. The van der Waals surface area contributed by atoms with Crippen molar-refractivity contribution >= 4 is 23.5 Å². The van der Waals surface area contributed by atoms with Gasteiger partial charge in [0.1, 0.15) is 0 Å². The zero-order valence-corrected chi connectivity index (χ0v) is 13.0. The van der Waals surface area contributed by atoms with Gasteiger partial charge in [0.05, 0.1) is 0 Å². The van der Waals surface area contributed by atoms with Crippen molar-refractivity contribution in [3.05, 3.63) is 40.4 Å². The molecule has 0 aromatic heterocycles. The summed E-state index contributed by atoms with van der Waals surface area (Å²) in [5.41, 5.74) is 2.17. The zero-order chi connectivity index (χ0) is 14.4. The minimum Gasteiger partial charge on any atom is -0.294 e. The summed E-state index contributed by atoms with van der Waals surface area (Å²) in [5, 5.41) is 0.744. The summed E-state index contributed by atoms with van der Waals surface area (Å²) < 4.78 is 0. The third kappa shape index (κ3) is 2.26. The summed E-state index contributed by atoms with van der Waals surface area (Å²) in [4.78, 5) is 12.9. The maximum absolute atomic E-state index is 12.9. The van der Waals surface area contributed by atoms with Gasteiger partial charge in [-0.05, 0) is 59.9 Å². The molecule has 1 aromatic rings. The summed E-state index contributed by atoms with van der Waals surface area (Å²) >= 11 is 6.08. The van der Waals surface area contributed by atoms with Crippen LogP contribution in [0.2, 0.25) is 5.02 Å². The number of allylic oxidation sites excluding steroid dienone is 1. The van der Waals surface area contributed by atoms with E-state index in [2.05, 4.69) is 12.1 Å². The van der Waals surface area contributed by atoms with Crippen molar-refractivity contribution in [3.8, 4) is 0 Å². The molecule has 110 valence electrons. The van der Waals surface area contributed by atoms with Gasteiger partial charge in [-0.25, -0.2) is 0 Å². The second kappa shape index (κ2) is 5.28. The number of ketones is 1. The van der Waals surface area contributed by atoms with Gasteiger partial charge in [0, 0.05) is 10.9 Å². The number of hydrogen-bond donors (Lipinski definition) is 0. The summed E-state index contributed by atoms with van der Waals surface area (Å²) in [6.07, 6.45) is 9.66. The van der Waals surface area contributed by atoms with E-state index >= 15 is 0 Å². The number of rotatable bonds is 1. The Morgan fingerprint density at radius 2 is 1.81 bits per heavy atom. The van der Waals surface area contributed by atoms with E-state index in [-0.39, 0.29) is 0 Å². The van der Waals surface area contributed by atoms with E-state index in [1.807, 2.05) is 18.2 Å². The van der Waals surface area contributed by atoms with Gasteiger partial charge < -0.3 is 0 Å². The van der Waals surface area contributed by atoms with E-state index < -0.39 is 0 Å². The van der Waals surface area contributed by atoms with Gasteiger partial charge in [-0.3, -0.25) is 4.79 Å². The lowest BCUT2D eigenvalue weighted by molar-refractivity contribution is -0.119. The van der Waals surface area contributed by atoms with E-state index in [1.54, 1.807) is 0 Å². The molecule has 2 heteroatoms. The Morgan fingerprint density at radius 1 is 1.05 bits per heavy atom. The molecule has 21 heavy (non-hydrogen) atoms. The maximum Gasteiger partial charge on any atom is 0.162 e. The molecule has 0 amide bonds. The second-order valence-electron chi connectivity index (χ2n) is 6.93. The average molecular weight is 301 g/mol. The lowest BCUT2D eigenvalue weighted by Crippen LogP contribution is -2.33. The predicted molar refractivity (Wildman–Crippen MR) is 86.1 cm³/mol. The van der Waals surface area contributed by atoms with Crippen LogP contribution < -0.4 is 0 Å². The standard InChI is InChI=1S/C19H21ClO/c20-14-7-1-4-12(10-14)11-17-15-8-2-5-13-6-3-9-16(18(13)15)19(17)21/h1,4,7,10-11,13,15-16,18H,2-3,5-6,8-9H2/b17-11+. The van der Waals surface area contributed by atoms with Crippen molar-refractivity contribution in [3.63, 3.8) is 0 Å². The molecule has 0 N–H and O–H groups in total. The van der Waals surface area contributed by atoms with Gasteiger partial charge in [-0.2, -0.15) is 0 Å². The fourth-order valence-electron chi connectivity index (χ4n) is 5.07. The molecular formula is C19H21ClO. The highest BCUT2D eigenvalue weighted by Gasteiger charge is 2.51. The zero-order valence-electron chi connectivity index (χ0n) is 12.2. The molecule has 4 atom stereocenters. The third-order valence-corrected chi connectivity index (χ3v) is 6.08. The lowest BCUT2D eigenvalue weighted by atomic mass is 9.64. The number of halogens is 1. The molecule has 1 aromatic carbocycles. The Morgan fingerprint density at radius 3 is 2.57 bits per heavy atom. The highest BCUT2D eigenvalue weighted by atomic mass is 35.5. The minimum absolute atomic E-state index is 0.319. The topological polar surface area (TPSA) is 17.1 Å². The number of carbonyl (C=O) groups is 1. The van der Waals surface area contributed by atoms with Crippen LogP contribution >= 0.6 is 11.6 Å². The molecule has 0 spiro atoms. The van der Waals surface area contributed by atoms with Gasteiger partial charge in [-0.15, -0.1) is 0 Å². The highest BCUT2D eigenvalue weighted by molar-refractivity contribution is 6.30. The summed E-state index contributed by atoms with van der Waals surface area (Å²) in [6, 6.07) is 7.86. The monoisotopic (exact) mass is 300 g/mol. The van der Waals surface area contributed by atoms with Crippen molar-refractivity contribution in [2.45, 2.75) is 38.5 Å². The first kappa shape index (κ1) is 13.6. The molecule has 3 saturated carbocycles. The first-order chi connectivity index (χ1) is 10.2. The van der Waals surface area contributed by atoms with Gasteiger partial charge in [0.25, 0.3) is 0 Å². The number of benzene rings is 1. The Bertz CT molecular complexity index is 601. The summed E-state index contributed by atoms with van der Waals surface area (Å²) in [6.45, 7) is 0. The van der Waals surface area contributed by atoms with E-state index in [1.165, 1.54) is 32.1 Å². The highest BCUT2D eigenvalue weighted by Crippen LogP contribution is 2.55. The maximum atomic E-state index is 12.9. The first-order valence-corrected chi connectivity index (χ1v) is 8.63.